The lowest BCUT2D eigenvalue weighted by Crippen LogP contribution is -2.32. The highest BCUT2D eigenvalue weighted by molar-refractivity contribution is 7.10. The Labute approximate surface area is 137 Å². The third-order valence-corrected chi connectivity index (χ3v) is 6.19. The summed E-state index contributed by atoms with van der Waals surface area (Å²) in [5.74, 6) is 0.809. The molecule has 3 nitrogen and oxygen atoms in total. The molecule has 2 atom stereocenters. The molecular weight excluding hydrogens is 294 g/mol. The van der Waals surface area contributed by atoms with Crippen molar-refractivity contribution in [2.75, 3.05) is 13.2 Å². The molecule has 2 unspecified atom stereocenters. The minimum absolute atomic E-state index is 0.0854. The maximum Gasteiger partial charge on any atom is 0.252 e. The van der Waals surface area contributed by atoms with Crippen LogP contribution in [0.1, 0.15) is 60.8 Å². The maximum absolute atomic E-state index is 12.5. The van der Waals surface area contributed by atoms with Crippen LogP contribution in [-0.2, 0) is 17.6 Å². The van der Waals surface area contributed by atoms with Gasteiger partial charge in [0.05, 0.1) is 11.7 Å². The van der Waals surface area contributed by atoms with Crippen LogP contribution in [0.3, 0.4) is 0 Å². The van der Waals surface area contributed by atoms with Gasteiger partial charge in [-0.2, -0.15) is 0 Å². The first-order valence-corrected chi connectivity index (χ1v) is 9.32. The number of nitrogens with one attached hydrogen (secondary N) is 1. The minimum Gasteiger partial charge on any atom is -0.376 e. The van der Waals surface area contributed by atoms with Crippen molar-refractivity contribution in [3.63, 3.8) is 0 Å². The molecule has 0 bridgehead atoms. The Hall–Kier alpha value is -0.870. The fourth-order valence-corrected chi connectivity index (χ4v) is 4.71. The second kappa shape index (κ2) is 6.32. The van der Waals surface area contributed by atoms with Gasteiger partial charge >= 0.3 is 0 Å². The van der Waals surface area contributed by atoms with Gasteiger partial charge in [0, 0.05) is 23.4 Å². The van der Waals surface area contributed by atoms with Crippen LogP contribution >= 0.6 is 11.3 Å². The van der Waals surface area contributed by atoms with E-state index in [0.29, 0.717) is 12.0 Å². The summed E-state index contributed by atoms with van der Waals surface area (Å²) in [5.41, 5.74) is 2.56. The number of carbonyl (C=O) groups is 1. The Morgan fingerprint density at radius 2 is 2.23 bits per heavy atom. The van der Waals surface area contributed by atoms with Crippen LogP contribution in [0.15, 0.2) is 5.38 Å². The molecular formula is C18H27NO2S. The average molecular weight is 321 g/mol. The van der Waals surface area contributed by atoms with Crippen LogP contribution in [-0.4, -0.2) is 25.2 Å². The first-order chi connectivity index (χ1) is 10.4. The normalized spacial score (nSPS) is 25.0. The molecule has 0 spiro atoms. The van der Waals surface area contributed by atoms with Crippen molar-refractivity contribution in [3.8, 4) is 0 Å². The number of amides is 1. The SMILES string of the molecule is CC(C)(C)C1CCc2c(C(=O)NCC3CCCO3)csc2C1. The van der Waals surface area contributed by atoms with Gasteiger partial charge in [0.2, 0.25) is 0 Å². The van der Waals surface area contributed by atoms with E-state index in [1.165, 1.54) is 16.9 Å². The molecule has 4 heteroatoms. The quantitative estimate of drug-likeness (QED) is 0.919. The molecule has 1 fully saturated rings. The molecule has 2 heterocycles. The minimum atomic E-state index is 0.0854. The summed E-state index contributed by atoms with van der Waals surface area (Å²) in [6.45, 7) is 8.46. The summed E-state index contributed by atoms with van der Waals surface area (Å²) in [4.78, 5) is 13.9. The molecule has 0 aromatic carbocycles. The van der Waals surface area contributed by atoms with E-state index in [1.54, 1.807) is 11.3 Å². The summed E-state index contributed by atoms with van der Waals surface area (Å²) in [5, 5.41) is 5.12. The van der Waals surface area contributed by atoms with Gasteiger partial charge in [0.15, 0.2) is 0 Å². The summed E-state index contributed by atoms with van der Waals surface area (Å²) in [6, 6.07) is 0. The van der Waals surface area contributed by atoms with E-state index in [1.807, 2.05) is 0 Å². The van der Waals surface area contributed by atoms with Crippen molar-refractivity contribution in [2.24, 2.45) is 11.3 Å². The van der Waals surface area contributed by atoms with Crippen molar-refractivity contribution >= 4 is 17.2 Å². The number of hydrogen-bond acceptors (Lipinski definition) is 3. The molecule has 3 rings (SSSR count). The van der Waals surface area contributed by atoms with E-state index in [9.17, 15) is 4.79 Å². The van der Waals surface area contributed by atoms with Gasteiger partial charge in [-0.05, 0) is 49.0 Å². The van der Waals surface area contributed by atoms with E-state index in [-0.39, 0.29) is 12.0 Å². The molecule has 0 radical (unpaired) electrons. The highest BCUT2D eigenvalue weighted by Crippen LogP contribution is 2.40. The third-order valence-electron chi connectivity index (χ3n) is 5.14. The number of ether oxygens (including phenoxy) is 1. The number of carbonyl (C=O) groups excluding carboxylic acids is 1. The van der Waals surface area contributed by atoms with E-state index in [4.69, 9.17) is 4.74 Å². The zero-order valence-electron chi connectivity index (χ0n) is 13.9. The van der Waals surface area contributed by atoms with Crippen LogP contribution in [0.4, 0.5) is 0 Å². The second-order valence-electron chi connectivity index (χ2n) is 7.70. The molecule has 1 aliphatic heterocycles. The van der Waals surface area contributed by atoms with Crippen molar-refractivity contribution in [2.45, 2.75) is 59.0 Å². The molecule has 2 aliphatic rings. The Bertz CT molecular complexity index is 538. The smallest absolute Gasteiger partial charge is 0.252 e. The van der Waals surface area contributed by atoms with E-state index < -0.39 is 0 Å². The predicted molar refractivity (Wildman–Crippen MR) is 90.6 cm³/mol. The van der Waals surface area contributed by atoms with Crippen LogP contribution in [0.2, 0.25) is 0 Å². The van der Waals surface area contributed by atoms with Gasteiger partial charge in [-0.3, -0.25) is 4.79 Å². The van der Waals surface area contributed by atoms with Crippen LogP contribution < -0.4 is 5.32 Å². The number of thiophene rings is 1. The van der Waals surface area contributed by atoms with Crippen molar-refractivity contribution in [3.05, 3.63) is 21.4 Å². The molecule has 1 saturated heterocycles. The van der Waals surface area contributed by atoms with E-state index in [2.05, 4.69) is 31.5 Å². The molecule has 22 heavy (non-hydrogen) atoms. The number of fused-ring (bicyclic) bond motifs is 1. The number of hydrogen-bond donors (Lipinski definition) is 1. The molecule has 1 aromatic heterocycles. The monoisotopic (exact) mass is 321 g/mol. The zero-order chi connectivity index (χ0) is 15.7. The highest BCUT2D eigenvalue weighted by Gasteiger charge is 2.31. The topological polar surface area (TPSA) is 38.3 Å². The predicted octanol–water partition coefficient (Wildman–Crippen LogP) is 3.81. The lowest BCUT2D eigenvalue weighted by Gasteiger charge is -2.34. The van der Waals surface area contributed by atoms with Gasteiger partial charge in [0.1, 0.15) is 0 Å². The molecule has 0 saturated carbocycles. The van der Waals surface area contributed by atoms with Crippen molar-refractivity contribution < 1.29 is 9.53 Å². The Kier molecular flexibility index (Phi) is 4.60. The summed E-state index contributed by atoms with van der Waals surface area (Å²) >= 11 is 1.77. The number of rotatable bonds is 3. The zero-order valence-corrected chi connectivity index (χ0v) is 14.7. The largest absolute Gasteiger partial charge is 0.376 e. The lowest BCUT2D eigenvalue weighted by molar-refractivity contribution is 0.0857. The Morgan fingerprint density at radius 1 is 1.41 bits per heavy atom. The van der Waals surface area contributed by atoms with Gasteiger partial charge < -0.3 is 10.1 Å². The van der Waals surface area contributed by atoms with Crippen molar-refractivity contribution in [1.29, 1.82) is 0 Å². The van der Waals surface area contributed by atoms with Crippen LogP contribution in [0.25, 0.3) is 0 Å². The molecule has 1 amide bonds. The van der Waals surface area contributed by atoms with Gasteiger partial charge in [-0.25, -0.2) is 0 Å². The van der Waals surface area contributed by atoms with Gasteiger partial charge in [-0.1, -0.05) is 20.8 Å². The Balaban J connectivity index is 1.64. The molecule has 1 aromatic rings. The van der Waals surface area contributed by atoms with Gasteiger partial charge in [-0.15, -0.1) is 11.3 Å². The standard InChI is InChI=1S/C18H27NO2S/c1-18(2,3)12-6-7-14-15(11-22-16(14)9-12)17(20)19-10-13-5-4-8-21-13/h11-13H,4-10H2,1-3H3,(H,19,20). The van der Waals surface area contributed by atoms with Gasteiger partial charge in [0.25, 0.3) is 5.91 Å². The Morgan fingerprint density at radius 3 is 2.91 bits per heavy atom. The third kappa shape index (κ3) is 3.38. The average Bonchev–Trinajstić information content (AvgIpc) is 3.12. The van der Waals surface area contributed by atoms with Crippen LogP contribution in [0, 0.1) is 11.3 Å². The molecule has 122 valence electrons. The fraction of sp³-hybridized carbons (Fsp3) is 0.722. The van der Waals surface area contributed by atoms with Crippen LogP contribution in [0.5, 0.6) is 0 Å². The maximum atomic E-state index is 12.5. The first kappa shape index (κ1) is 16.0. The fourth-order valence-electron chi connectivity index (χ4n) is 3.55. The molecule has 1 N–H and O–H groups in total. The highest BCUT2D eigenvalue weighted by atomic mass is 32.1. The summed E-state index contributed by atoms with van der Waals surface area (Å²) in [7, 11) is 0. The summed E-state index contributed by atoms with van der Waals surface area (Å²) in [6.07, 6.45) is 5.76. The van der Waals surface area contributed by atoms with E-state index >= 15 is 0 Å². The lowest BCUT2D eigenvalue weighted by atomic mass is 9.72. The second-order valence-corrected chi connectivity index (χ2v) is 8.67. The van der Waals surface area contributed by atoms with E-state index in [0.717, 1.165) is 43.8 Å². The summed E-state index contributed by atoms with van der Waals surface area (Å²) < 4.78 is 5.57. The first-order valence-electron chi connectivity index (χ1n) is 8.44. The van der Waals surface area contributed by atoms with Crippen molar-refractivity contribution in [1.82, 2.24) is 5.32 Å². The molecule has 1 aliphatic carbocycles.